The molecule has 1 aliphatic rings. The van der Waals surface area contributed by atoms with Gasteiger partial charge in [-0.15, -0.1) is 0 Å². The van der Waals surface area contributed by atoms with E-state index in [-0.39, 0.29) is 17.4 Å². The number of hydrogen-bond donors (Lipinski definition) is 1. The standard InChI is InChI=1S/C17H23N5O3S/c1-3-10-26(24,25)22-9-8-21-12-15(20-16(21)13(22)2)17(23)19-11-14-6-4-5-7-18-14/h4-7,12-13H,3,8-11H2,1-2H3,(H,19,23). The number of nitrogens with zero attached hydrogens (tertiary/aromatic N) is 4. The van der Waals surface area contributed by atoms with Gasteiger partial charge in [0.05, 0.1) is 24.0 Å². The molecule has 0 spiro atoms. The van der Waals surface area contributed by atoms with E-state index in [1.165, 1.54) is 4.31 Å². The van der Waals surface area contributed by atoms with Gasteiger partial charge in [0.25, 0.3) is 5.91 Å². The Balaban J connectivity index is 1.73. The van der Waals surface area contributed by atoms with Crippen LogP contribution in [-0.2, 0) is 23.1 Å². The summed E-state index contributed by atoms with van der Waals surface area (Å²) in [4.78, 5) is 20.9. The van der Waals surface area contributed by atoms with Crippen LogP contribution in [0, 0.1) is 0 Å². The van der Waals surface area contributed by atoms with Crippen LogP contribution in [0.2, 0.25) is 0 Å². The fraction of sp³-hybridized carbons (Fsp3) is 0.471. The van der Waals surface area contributed by atoms with Crippen molar-refractivity contribution < 1.29 is 13.2 Å². The Kier molecular flexibility index (Phi) is 5.38. The highest BCUT2D eigenvalue weighted by atomic mass is 32.2. The van der Waals surface area contributed by atoms with Crippen molar-refractivity contribution in [1.29, 1.82) is 0 Å². The molecule has 9 heteroatoms. The van der Waals surface area contributed by atoms with Gasteiger partial charge in [-0.05, 0) is 25.5 Å². The molecule has 26 heavy (non-hydrogen) atoms. The molecule has 1 atom stereocenters. The van der Waals surface area contributed by atoms with Gasteiger partial charge in [-0.1, -0.05) is 13.0 Å². The van der Waals surface area contributed by atoms with Crippen LogP contribution in [0.3, 0.4) is 0 Å². The summed E-state index contributed by atoms with van der Waals surface area (Å²) in [5.74, 6) is 0.418. The van der Waals surface area contributed by atoms with Crippen molar-refractivity contribution in [3.8, 4) is 0 Å². The van der Waals surface area contributed by atoms with Crippen LogP contribution < -0.4 is 5.32 Å². The highest BCUT2D eigenvalue weighted by Gasteiger charge is 2.34. The zero-order valence-corrected chi connectivity index (χ0v) is 15.7. The monoisotopic (exact) mass is 377 g/mol. The van der Waals surface area contributed by atoms with E-state index in [9.17, 15) is 13.2 Å². The maximum absolute atomic E-state index is 12.4. The molecule has 3 heterocycles. The van der Waals surface area contributed by atoms with Crippen LogP contribution in [0.1, 0.15) is 48.3 Å². The molecule has 3 rings (SSSR count). The average molecular weight is 377 g/mol. The number of pyridine rings is 1. The first-order chi connectivity index (χ1) is 12.4. The lowest BCUT2D eigenvalue weighted by molar-refractivity contribution is 0.0945. The van der Waals surface area contributed by atoms with Crippen LogP contribution in [0.4, 0.5) is 0 Å². The molecule has 1 N–H and O–H groups in total. The van der Waals surface area contributed by atoms with Gasteiger partial charge in [0.1, 0.15) is 11.5 Å². The quantitative estimate of drug-likeness (QED) is 0.819. The van der Waals surface area contributed by atoms with Crippen LogP contribution in [0.25, 0.3) is 0 Å². The number of aromatic nitrogens is 3. The second-order valence-corrected chi connectivity index (χ2v) is 8.33. The van der Waals surface area contributed by atoms with Gasteiger partial charge in [0.2, 0.25) is 10.0 Å². The number of carbonyl (C=O) groups excluding carboxylic acids is 1. The van der Waals surface area contributed by atoms with Gasteiger partial charge in [0, 0.05) is 25.5 Å². The maximum atomic E-state index is 12.4. The summed E-state index contributed by atoms with van der Waals surface area (Å²) in [6.07, 6.45) is 3.92. The molecular weight excluding hydrogens is 354 g/mol. The van der Waals surface area contributed by atoms with Gasteiger partial charge >= 0.3 is 0 Å². The first kappa shape index (κ1) is 18.5. The maximum Gasteiger partial charge on any atom is 0.271 e. The van der Waals surface area contributed by atoms with E-state index >= 15 is 0 Å². The van der Waals surface area contributed by atoms with Crippen molar-refractivity contribution in [2.75, 3.05) is 12.3 Å². The third kappa shape index (κ3) is 3.78. The number of imidazole rings is 1. The molecule has 0 saturated carbocycles. The fourth-order valence-electron chi connectivity index (χ4n) is 3.10. The summed E-state index contributed by atoms with van der Waals surface area (Å²) < 4.78 is 28.2. The third-order valence-corrected chi connectivity index (χ3v) is 6.52. The van der Waals surface area contributed by atoms with Crippen molar-refractivity contribution in [2.45, 2.75) is 39.4 Å². The van der Waals surface area contributed by atoms with Gasteiger partial charge < -0.3 is 9.88 Å². The number of rotatable bonds is 6. The lowest BCUT2D eigenvalue weighted by Gasteiger charge is -2.32. The highest BCUT2D eigenvalue weighted by molar-refractivity contribution is 7.89. The van der Waals surface area contributed by atoms with Crippen LogP contribution in [0.5, 0.6) is 0 Å². The van der Waals surface area contributed by atoms with Crippen molar-refractivity contribution in [3.05, 3.63) is 47.8 Å². The predicted octanol–water partition coefficient (Wildman–Crippen LogP) is 1.32. The molecule has 0 aliphatic carbocycles. The molecule has 0 saturated heterocycles. The smallest absolute Gasteiger partial charge is 0.271 e. The third-order valence-electron chi connectivity index (χ3n) is 4.38. The van der Waals surface area contributed by atoms with E-state index in [1.807, 2.05) is 29.7 Å². The molecule has 0 radical (unpaired) electrons. The number of amides is 1. The number of hydrogen-bond acceptors (Lipinski definition) is 5. The van der Waals surface area contributed by atoms with Gasteiger partial charge in [-0.3, -0.25) is 9.78 Å². The van der Waals surface area contributed by atoms with Crippen molar-refractivity contribution in [2.24, 2.45) is 0 Å². The minimum Gasteiger partial charge on any atom is -0.345 e. The zero-order valence-electron chi connectivity index (χ0n) is 14.9. The SMILES string of the molecule is CCCS(=O)(=O)N1CCn2cc(C(=O)NCc3ccccn3)nc2C1C. The number of fused-ring (bicyclic) bond motifs is 1. The Hall–Kier alpha value is -2.26. The topological polar surface area (TPSA) is 97.2 Å². The first-order valence-electron chi connectivity index (χ1n) is 8.67. The molecule has 8 nitrogen and oxygen atoms in total. The lowest BCUT2D eigenvalue weighted by Crippen LogP contribution is -2.42. The first-order valence-corrected chi connectivity index (χ1v) is 10.3. The van der Waals surface area contributed by atoms with E-state index in [2.05, 4.69) is 15.3 Å². The Labute approximate surface area is 153 Å². The lowest BCUT2D eigenvalue weighted by atomic mass is 10.2. The van der Waals surface area contributed by atoms with Crippen molar-refractivity contribution in [3.63, 3.8) is 0 Å². The van der Waals surface area contributed by atoms with Gasteiger partial charge in [-0.25, -0.2) is 13.4 Å². The number of nitrogens with one attached hydrogen (secondary N) is 1. The fourth-order valence-corrected chi connectivity index (χ4v) is 4.79. The summed E-state index contributed by atoms with van der Waals surface area (Å²) in [5, 5.41) is 2.79. The molecule has 2 aromatic rings. The molecule has 1 aliphatic heterocycles. The second-order valence-electron chi connectivity index (χ2n) is 6.28. The molecule has 0 fully saturated rings. The number of carbonyl (C=O) groups is 1. The second kappa shape index (κ2) is 7.55. The Morgan fingerprint density at radius 1 is 1.35 bits per heavy atom. The van der Waals surface area contributed by atoms with Gasteiger partial charge in [0.15, 0.2) is 0 Å². The average Bonchev–Trinajstić information content (AvgIpc) is 3.06. The highest BCUT2D eigenvalue weighted by Crippen LogP contribution is 2.27. The molecule has 2 aromatic heterocycles. The normalized spacial score (nSPS) is 17.7. The summed E-state index contributed by atoms with van der Waals surface area (Å²) in [7, 11) is -3.31. The Morgan fingerprint density at radius 3 is 2.85 bits per heavy atom. The van der Waals surface area contributed by atoms with Crippen LogP contribution in [-0.4, -0.2) is 45.5 Å². The Bertz CT molecular complexity index is 879. The molecule has 140 valence electrons. The van der Waals surface area contributed by atoms with E-state index in [4.69, 9.17) is 0 Å². The summed E-state index contributed by atoms with van der Waals surface area (Å²) >= 11 is 0. The molecular formula is C17H23N5O3S. The van der Waals surface area contributed by atoms with Crippen molar-refractivity contribution >= 4 is 15.9 Å². The minimum atomic E-state index is -3.31. The number of sulfonamides is 1. The molecule has 0 aromatic carbocycles. The van der Waals surface area contributed by atoms with Gasteiger partial charge in [-0.2, -0.15) is 4.31 Å². The molecule has 0 bridgehead atoms. The Morgan fingerprint density at radius 2 is 2.15 bits per heavy atom. The summed E-state index contributed by atoms with van der Waals surface area (Å²) in [6.45, 7) is 4.84. The van der Waals surface area contributed by atoms with Crippen molar-refractivity contribution in [1.82, 2.24) is 24.2 Å². The predicted molar refractivity (Wildman–Crippen MR) is 96.8 cm³/mol. The molecule has 1 amide bonds. The summed E-state index contributed by atoms with van der Waals surface area (Å²) in [6, 6.07) is 5.11. The van der Waals surface area contributed by atoms with E-state index in [0.717, 1.165) is 5.69 Å². The summed E-state index contributed by atoms with van der Waals surface area (Å²) in [5.41, 5.74) is 1.05. The zero-order chi connectivity index (χ0) is 18.7. The van der Waals surface area contributed by atoms with E-state index in [1.54, 1.807) is 19.3 Å². The largest absolute Gasteiger partial charge is 0.345 e. The van der Waals surface area contributed by atoms with Crippen LogP contribution >= 0.6 is 0 Å². The minimum absolute atomic E-state index is 0.121. The molecule has 1 unspecified atom stereocenters. The van der Waals surface area contributed by atoms with E-state index in [0.29, 0.717) is 31.9 Å². The van der Waals surface area contributed by atoms with Crippen LogP contribution in [0.15, 0.2) is 30.6 Å². The van der Waals surface area contributed by atoms with E-state index < -0.39 is 16.1 Å².